The van der Waals surface area contributed by atoms with E-state index >= 15 is 0 Å². The van der Waals surface area contributed by atoms with Gasteiger partial charge in [-0.3, -0.25) is 9.83 Å². The third-order valence-corrected chi connectivity index (χ3v) is 3.64. The van der Waals surface area contributed by atoms with Crippen molar-refractivity contribution in [1.29, 1.82) is 0 Å². The Bertz CT molecular complexity index is 288. The van der Waals surface area contributed by atoms with Gasteiger partial charge in [-0.05, 0) is 40.5 Å². The molecule has 1 heterocycles. The molecule has 0 bridgehead atoms. The summed E-state index contributed by atoms with van der Waals surface area (Å²) >= 11 is 0. The minimum atomic E-state index is 0.0297. The monoisotopic (exact) mass is 298 g/mol. The Morgan fingerprint density at radius 1 is 1.00 bits per heavy atom. The minimum absolute atomic E-state index is 0.0297. The zero-order valence-electron chi connectivity index (χ0n) is 15.8. The van der Waals surface area contributed by atoms with E-state index in [1.807, 2.05) is 13.8 Å². The van der Waals surface area contributed by atoms with Gasteiger partial charge in [0.15, 0.2) is 0 Å². The van der Waals surface area contributed by atoms with Gasteiger partial charge in [0.2, 0.25) is 0 Å². The molecule has 0 amide bonds. The lowest BCUT2D eigenvalue weighted by atomic mass is 9.80. The Hall–Kier alpha value is -0.410. The predicted octanol–water partition coefficient (Wildman–Crippen LogP) is 5.25. The van der Waals surface area contributed by atoms with Crippen molar-refractivity contribution in [2.45, 2.75) is 98.6 Å². The van der Waals surface area contributed by atoms with Gasteiger partial charge in [0, 0.05) is 36.2 Å². The third-order valence-electron chi connectivity index (χ3n) is 3.64. The SMILES string of the molecule is CC.CCCCN=C1CC(C)(C)N(OCCC)C(C)(C)C1. The smallest absolute Gasteiger partial charge is 0.0683 e. The maximum atomic E-state index is 6.01. The highest BCUT2D eigenvalue weighted by Crippen LogP contribution is 2.37. The average Bonchev–Trinajstić information content (AvgIpc) is 2.39. The second kappa shape index (κ2) is 9.58. The number of nitrogens with zero attached hydrogens (tertiary/aromatic N) is 2. The van der Waals surface area contributed by atoms with Gasteiger partial charge in [-0.15, -0.1) is 0 Å². The fourth-order valence-electron chi connectivity index (χ4n) is 3.06. The highest BCUT2D eigenvalue weighted by Gasteiger charge is 2.44. The lowest BCUT2D eigenvalue weighted by Gasteiger charge is -2.51. The number of hydroxylamine groups is 2. The number of unbranched alkanes of at least 4 members (excludes halogenated alkanes) is 1. The molecule has 1 aliphatic rings. The highest BCUT2D eigenvalue weighted by molar-refractivity contribution is 5.87. The maximum absolute atomic E-state index is 6.01. The molecular formula is C18H38N2O. The van der Waals surface area contributed by atoms with Crippen LogP contribution in [0.4, 0.5) is 0 Å². The molecule has 3 nitrogen and oxygen atoms in total. The van der Waals surface area contributed by atoms with Crippen LogP contribution < -0.4 is 0 Å². The van der Waals surface area contributed by atoms with Gasteiger partial charge in [0.25, 0.3) is 0 Å². The fraction of sp³-hybridized carbons (Fsp3) is 0.944. The summed E-state index contributed by atoms with van der Waals surface area (Å²) in [6.45, 7) is 19.2. The molecule has 1 aliphatic heterocycles. The summed E-state index contributed by atoms with van der Waals surface area (Å²) in [4.78, 5) is 10.8. The fourth-order valence-corrected chi connectivity index (χ4v) is 3.06. The molecular weight excluding hydrogens is 260 g/mol. The normalized spacial score (nSPS) is 20.7. The first kappa shape index (κ1) is 20.6. The highest BCUT2D eigenvalue weighted by atomic mass is 16.7. The lowest BCUT2D eigenvalue weighted by molar-refractivity contribution is -0.268. The molecule has 1 saturated heterocycles. The molecule has 0 N–H and O–H groups in total. The molecule has 126 valence electrons. The zero-order chi connectivity index (χ0) is 16.5. The standard InChI is InChI=1S/C16H32N2O.C2H6/c1-7-9-10-17-14-12-15(3,4)18(19-11-8-2)16(5,6)13-14;1-2/h7-13H2,1-6H3;1-2H3. The van der Waals surface area contributed by atoms with E-state index in [1.165, 1.54) is 18.6 Å². The van der Waals surface area contributed by atoms with E-state index in [-0.39, 0.29) is 11.1 Å². The molecule has 0 aromatic rings. The molecule has 0 radical (unpaired) electrons. The minimum Gasteiger partial charge on any atom is -0.298 e. The van der Waals surface area contributed by atoms with E-state index < -0.39 is 0 Å². The summed E-state index contributed by atoms with van der Waals surface area (Å²) < 4.78 is 0. The van der Waals surface area contributed by atoms with Crippen LogP contribution in [0.3, 0.4) is 0 Å². The zero-order valence-corrected chi connectivity index (χ0v) is 15.8. The van der Waals surface area contributed by atoms with E-state index in [0.29, 0.717) is 0 Å². The number of hydrogen-bond acceptors (Lipinski definition) is 3. The molecule has 1 fully saturated rings. The van der Waals surface area contributed by atoms with Gasteiger partial charge in [0.1, 0.15) is 0 Å². The van der Waals surface area contributed by atoms with Crippen LogP contribution in [-0.2, 0) is 4.84 Å². The molecule has 3 heteroatoms. The first-order chi connectivity index (χ1) is 9.83. The molecule has 0 aromatic heterocycles. The second-order valence-electron chi connectivity index (χ2n) is 6.91. The molecule has 0 spiro atoms. The summed E-state index contributed by atoms with van der Waals surface area (Å²) in [5.41, 5.74) is 1.42. The number of aliphatic imine (C=N–C) groups is 1. The van der Waals surface area contributed by atoms with Crippen molar-refractivity contribution in [2.24, 2.45) is 4.99 Å². The van der Waals surface area contributed by atoms with E-state index in [9.17, 15) is 0 Å². The predicted molar refractivity (Wildman–Crippen MR) is 94.0 cm³/mol. The average molecular weight is 299 g/mol. The lowest BCUT2D eigenvalue weighted by Crippen LogP contribution is -2.60. The number of hydrogen-bond donors (Lipinski definition) is 0. The van der Waals surface area contributed by atoms with Gasteiger partial charge in [-0.1, -0.05) is 34.1 Å². The van der Waals surface area contributed by atoms with Crippen LogP contribution in [0.25, 0.3) is 0 Å². The van der Waals surface area contributed by atoms with E-state index in [2.05, 4.69) is 46.6 Å². The molecule has 21 heavy (non-hydrogen) atoms. The molecule has 0 atom stereocenters. The second-order valence-corrected chi connectivity index (χ2v) is 6.91. The van der Waals surface area contributed by atoms with E-state index in [0.717, 1.165) is 32.4 Å². The van der Waals surface area contributed by atoms with Crippen molar-refractivity contribution < 1.29 is 4.84 Å². The summed E-state index contributed by atoms with van der Waals surface area (Å²) in [5.74, 6) is 0. The van der Waals surface area contributed by atoms with Gasteiger partial charge in [-0.2, -0.15) is 5.06 Å². The first-order valence-electron chi connectivity index (χ1n) is 8.79. The van der Waals surface area contributed by atoms with Gasteiger partial charge >= 0.3 is 0 Å². The van der Waals surface area contributed by atoms with Crippen LogP contribution >= 0.6 is 0 Å². The topological polar surface area (TPSA) is 24.8 Å². The van der Waals surface area contributed by atoms with Crippen molar-refractivity contribution >= 4 is 5.71 Å². The third kappa shape index (κ3) is 6.48. The Balaban J connectivity index is 0.00000191. The van der Waals surface area contributed by atoms with Crippen molar-refractivity contribution in [3.05, 3.63) is 0 Å². The first-order valence-corrected chi connectivity index (χ1v) is 8.79. The van der Waals surface area contributed by atoms with Crippen LogP contribution in [0.15, 0.2) is 4.99 Å². The Morgan fingerprint density at radius 2 is 1.52 bits per heavy atom. The van der Waals surface area contributed by atoms with E-state index in [4.69, 9.17) is 9.83 Å². The molecule has 0 aliphatic carbocycles. The van der Waals surface area contributed by atoms with Gasteiger partial charge in [0.05, 0.1) is 6.61 Å². The summed E-state index contributed by atoms with van der Waals surface area (Å²) in [5, 5.41) is 2.21. The largest absolute Gasteiger partial charge is 0.298 e. The Kier molecular flexibility index (Phi) is 9.39. The Labute approximate surface area is 133 Å². The molecule has 0 unspecified atom stereocenters. The summed E-state index contributed by atoms with van der Waals surface area (Å²) in [6, 6.07) is 0. The van der Waals surface area contributed by atoms with Crippen LogP contribution in [0, 0.1) is 0 Å². The summed E-state index contributed by atoms with van der Waals surface area (Å²) in [7, 11) is 0. The van der Waals surface area contributed by atoms with E-state index in [1.54, 1.807) is 0 Å². The van der Waals surface area contributed by atoms with Crippen molar-refractivity contribution in [1.82, 2.24) is 5.06 Å². The Morgan fingerprint density at radius 3 is 1.95 bits per heavy atom. The molecule has 1 rings (SSSR count). The van der Waals surface area contributed by atoms with Gasteiger partial charge in [-0.25, -0.2) is 0 Å². The van der Waals surface area contributed by atoms with Crippen molar-refractivity contribution in [3.63, 3.8) is 0 Å². The van der Waals surface area contributed by atoms with Crippen LogP contribution in [0.5, 0.6) is 0 Å². The van der Waals surface area contributed by atoms with Gasteiger partial charge < -0.3 is 0 Å². The van der Waals surface area contributed by atoms with Crippen molar-refractivity contribution in [3.8, 4) is 0 Å². The number of rotatable bonds is 6. The summed E-state index contributed by atoms with van der Waals surface area (Å²) in [6.07, 6.45) is 5.50. The van der Waals surface area contributed by atoms with Crippen LogP contribution in [0.1, 0.15) is 87.5 Å². The molecule has 0 saturated carbocycles. The quantitative estimate of drug-likeness (QED) is 0.626. The molecule has 0 aromatic carbocycles. The number of piperidine rings is 1. The maximum Gasteiger partial charge on any atom is 0.0683 e. The van der Waals surface area contributed by atoms with Crippen LogP contribution in [0.2, 0.25) is 0 Å². The van der Waals surface area contributed by atoms with Crippen molar-refractivity contribution in [2.75, 3.05) is 13.2 Å². The van der Waals surface area contributed by atoms with Crippen LogP contribution in [-0.4, -0.2) is 35.0 Å².